The molecule has 116 valence electrons. The number of halogens is 2. The molecule has 0 fully saturated rings. The third-order valence-electron chi connectivity index (χ3n) is 2.30. The molecule has 0 aliphatic heterocycles. The number of carbonyl (C=O) groups is 1. The van der Waals surface area contributed by atoms with E-state index < -0.39 is 0 Å². The average Bonchev–Trinajstić information content (AvgIpc) is 2.39. The molecular weight excluding hydrogens is 301 g/mol. The molecule has 0 bridgehead atoms. The van der Waals surface area contributed by atoms with Crippen molar-refractivity contribution in [1.82, 2.24) is 15.6 Å². The lowest BCUT2D eigenvalue weighted by Crippen LogP contribution is -2.32. The predicted molar refractivity (Wildman–Crippen MR) is 85.4 cm³/mol. The highest BCUT2D eigenvalue weighted by Gasteiger charge is 2.12. The van der Waals surface area contributed by atoms with Gasteiger partial charge < -0.3 is 15.4 Å². The molecule has 0 spiro atoms. The van der Waals surface area contributed by atoms with E-state index in [0.29, 0.717) is 24.6 Å². The van der Waals surface area contributed by atoms with Crippen LogP contribution in [0.3, 0.4) is 0 Å². The van der Waals surface area contributed by atoms with Gasteiger partial charge in [-0.05, 0) is 32.0 Å². The summed E-state index contributed by atoms with van der Waals surface area (Å²) in [5.41, 5.74) is 0.342. The largest absolute Gasteiger partial charge is 0.491 e. The highest BCUT2D eigenvalue weighted by atomic mass is 35.5. The zero-order chi connectivity index (χ0) is 13.2. The molecule has 0 atom stereocenters. The minimum Gasteiger partial charge on any atom is -0.491 e. The quantitative estimate of drug-likeness (QED) is 0.719. The van der Waals surface area contributed by atoms with E-state index in [1.165, 1.54) is 0 Å². The second-order valence-electron chi connectivity index (χ2n) is 3.79. The van der Waals surface area contributed by atoms with Crippen molar-refractivity contribution in [2.45, 2.75) is 20.3 Å². The molecule has 0 unspecified atom stereocenters. The second-order valence-corrected chi connectivity index (χ2v) is 3.79. The summed E-state index contributed by atoms with van der Waals surface area (Å²) in [4.78, 5) is 15.9. The standard InChI is InChI=1S/C13H21N3O2.2ClH/c1-3-7-14-9-10-16-13(17)12-11(18-4-2)6-5-8-15-12;;/h5-6,8,14H,3-4,7,9-10H2,1-2H3,(H,16,17);2*1H. The Hall–Kier alpha value is -1.04. The molecular formula is C13H23Cl2N3O2. The van der Waals surface area contributed by atoms with Gasteiger partial charge in [-0.3, -0.25) is 4.79 Å². The monoisotopic (exact) mass is 323 g/mol. The van der Waals surface area contributed by atoms with Crippen LogP contribution in [0.1, 0.15) is 30.8 Å². The molecule has 1 aromatic rings. The van der Waals surface area contributed by atoms with Crippen LogP contribution in [0.2, 0.25) is 0 Å². The van der Waals surface area contributed by atoms with Gasteiger partial charge in [-0.15, -0.1) is 24.8 Å². The third kappa shape index (κ3) is 7.53. The van der Waals surface area contributed by atoms with Crippen molar-refractivity contribution in [3.63, 3.8) is 0 Å². The van der Waals surface area contributed by atoms with Gasteiger partial charge in [0.05, 0.1) is 6.61 Å². The van der Waals surface area contributed by atoms with E-state index in [9.17, 15) is 4.79 Å². The van der Waals surface area contributed by atoms with E-state index in [4.69, 9.17) is 4.74 Å². The molecule has 0 aliphatic rings. The molecule has 5 nitrogen and oxygen atoms in total. The number of pyridine rings is 1. The second kappa shape index (κ2) is 13.0. The molecule has 0 saturated heterocycles. The lowest BCUT2D eigenvalue weighted by molar-refractivity contribution is 0.0945. The first-order valence-corrected chi connectivity index (χ1v) is 6.36. The van der Waals surface area contributed by atoms with Gasteiger partial charge >= 0.3 is 0 Å². The zero-order valence-corrected chi connectivity index (χ0v) is 13.5. The maximum absolute atomic E-state index is 11.9. The Bertz CT molecular complexity index is 378. The molecule has 0 radical (unpaired) electrons. The van der Waals surface area contributed by atoms with E-state index in [2.05, 4.69) is 22.5 Å². The number of ether oxygens (including phenoxy) is 1. The van der Waals surface area contributed by atoms with Crippen LogP contribution in [0, 0.1) is 0 Å². The minimum absolute atomic E-state index is 0. The molecule has 1 rings (SSSR count). The van der Waals surface area contributed by atoms with Gasteiger partial charge in [-0.25, -0.2) is 4.98 Å². The van der Waals surface area contributed by atoms with Gasteiger partial charge in [0.1, 0.15) is 0 Å². The fraction of sp³-hybridized carbons (Fsp3) is 0.538. The number of hydrogen-bond donors (Lipinski definition) is 2. The molecule has 20 heavy (non-hydrogen) atoms. The Balaban J connectivity index is 0. The van der Waals surface area contributed by atoms with Gasteiger partial charge in [-0.1, -0.05) is 6.92 Å². The Kier molecular flexibility index (Phi) is 13.8. The van der Waals surface area contributed by atoms with Crippen molar-refractivity contribution < 1.29 is 9.53 Å². The van der Waals surface area contributed by atoms with Crippen LogP contribution in [0.25, 0.3) is 0 Å². The number of carbonyl (C=O) groups excluding carboxylic acids is 1. The number of rotatable bonds is 8. The van der Waals surface area contributed by atoms with Crippen molar-refractivity contribution >= 4 is 30.7 Å². The molecule has 7 heteroatoms. The van der Waals surface area contributed by atoms with Crippen LogP contribution in [0.15, 0.2) is 18.3 Å². The highest BCUT2D eigenvalue weighted by Crippen LogP contribution is 2.14. The van der Waals surface area contributed by atoms with E-state index in [0.717, 1.165) is 19.5 Å². The van der Waals surface area contributed by atoms with Crippen LogP contribution in [-0.2, 0) is 0 Å². The van der Waals surface area contributed by atoms with Crippen molar-refractivity contribution in [2.75, 3.05) is 26.2 Å². The van der Waals surface area contributed by atoms with Gasteiger partial charge in [0.15, 0.2) is 11.4 Å². The Morgan fingerprint density at radius 2 is 2.00 bits per heavy atom. The minimum atomic E-state index is -0.197. The molecule has 2 N–H and O–H groups in total. The van der Waals surface area contributed by atoms with Gasteiger partial charge in [0, 0.05) is 19.3 Å². The first-order chi connectivity index (χ1) is 8.79. The van der Waals surface area contributed by atoms with E-state index in [1.807, 2.05) is 6.92 Å². The Morgan fingerprint density at radius 3 is 2.65 bits per heavy atom. The summed E-state index contributed by atoms with van der Waals surface area (Å²) in [7, 11) is 0. The SMILES string of the molecule is CCCNCCNC(=O)c1ncccc1OCC.Cl.Cl. The van der Waals surface area contributed by atoms with Crippen molar-refractivity contribution in [2.24, 2.45) is 0 Å². The summed E-state index contributed by atoms with van der Waals surface area (Å²) in [5, 5.41) is 6.03. The zero-order valence-electron chi connectivity index (χ0n) is 11.8. The van der Waals surface area contributed by atoms with Gasteiger partial charge in [-0.2, -0.15) is 0 Å². The van der Waals surface area contributed by atoms with Crippen molar-refractivity contribution in [1.29, 1.82) is 0 Å². The van der Waals surface area contributed by atoms with Crippen LogP contribution in [-0.4, -0.2) is 37.1 Å². The molecule has 0 aromatic carbocycles. The van der Waals surface area contributed by atoms with Crippen LogP contribution >= 0.6 is 24.8 Å². The number of hydrogen-bond acceptors (Lipinski definition) is 4. The van der Waals surface area contributed by atoms with E-state index in [-0.39, 0.29) is 30.7 Å². The maximum Gasteiger partial charge on any atom is 0.273 e. The average molecular weight is 324 g/mol. The van der Waals surface area contributed by atoms with E-state index >= 15 is 0 Å². The molecule has 1 aromatic heterocycles. The highest BCUT2D eigenvalue weighted by molar-refractivity contribution is 5.94. The summed E-state index contributed by atoms with van der Waals surface area (Å²) < 4.78 is 5.36. The smallest absolute Gasteiger partial charge is 0.273 e. The van der Waals surface area contributed by atoms with Gasteiger partial charge in [0.25, 0.3) is 5.91 Å². The molecule has 1 heterocycles. The van der Waals surface area contributed by atoms with Crippen LogP contribution in [0.4, 0.5) is 0 Å². The topological polar surface area (TPSA) is 63.2 Å². The maximum atomic E-state index is 11.9. The summed E-state index contributed by atoms with van der Waals surface area (Å²) in [6, 6.07) is 3.51. The predicted octanol–water partition coefficient (Wildman–Crippen LogP) is 2.05. The van der Waals surface area contributed by atoms with Crippen LogP contribution < -0.4 is 15.4 Å². The number of nitrogens with one attached hydrogen (secondary N) is 2. The summed E-state index contributed by atoms with van der Waals surface area (Å²) >= 11 is 0. The van der Waals surface area contributed by atoms with Crippen molar-refractivity contribution in [3.05, 3.63) is 24.0 Å². The summed E-state index contributed by atoms with van der Waals surface area (Å²) in [5.74, 6) is 0.330. The molecule has 0 aliphatic carbocycles. The van der Waals surface area contributed by atoms with Crippen molar-refractivity contribution in [3.8, 4) is 5.75 Å². The fourth-order valence-corrected chi connectivity index (χ4v) is 1.48. The first kappa shape index (κ1) is 21.3. The lowest BCUT2D eigenvalue weighted by Gasteiger charge is -2.09. The van der Waals surface area contributed by atoms with E-state index in [1.54, 1.807) is 18.3 Å². The summed E-state index contributed by atoms with van der Waals surface area (Å²) in [6.45, 7) is 6.81. The number of amides is 1. The fourth-order valence-electron chi connectivity index (χ4n) is 1.48. The number of aromatic nitrogens is 1. The normalized spacial score (nSPS) is 9.10. The first-order valence-electron chi connectivity index (χ1n) is 6.36. The number of nitrogens with zero attached hydrogens (tertiary/aromatic N) is 1. The molecule has 1 amide bonds. The molecule has 0 saturated carbocycles. The third-order valence-corrected chi connectivity index (χ3v) is 2.30. The Morgan fingerprint density at radius 1 is 1.25 bits per heavy atom. The summed E-state index contributed by atoms with van der Waals surface area (Å²) in [6.07, 6.45) is 2.68. The van der Waals surface area contributed by atoms with Crippen LogP contribution in [0.5, 0.6) is 5.75 Å². The lowest BCUT2D eigenvalue weighted by atomic mass is 10.3. The van der Waals surface area contributed by atoms with Gasteiger partial charge in [0.2, 0.25) is 0 Å². The Labute approximate surface area is 132 Å².